The first-order valence-corrected chi connectivity index (χ1v) is 8.73. The second kappa shape index (κ2) is 8.27. The van der Waals surface area contributed by atoms with E-state index in [4.69, 9.17) is 9.15 Å². The highest BCUT2D eigenvalue weighted by Crippen LogP contribution is 2.21. The summed E-state index contributed by atoms with van der Waals surface area (Å²) in [5, 5.41) is 3.05. The number of oxazole rings is 1. The van der Waals surface area contributed by atoms with Gasteiger partial charge in [0.05, 0.1) is 25.3 Å². The second-order valence-electron chi connectivity index (χ2n) is 6.45. The molecule has 1 saturated heterocycles. The molecule has 1 amide bonds. The van der Waals surface area contributed by atoms with Crippen molar-refractivity contribution in [3.05, 3.63) is 41.8 Å². The van der Waals surface area contributed by atoms with Gasteiger partial charge in [-0.25, -0.2) is 4.98 Å². The van der Waals surface area contributed by atoms with Crippen molar-refractivity contribution in [1.29, 1.82) is 0 Å². The summed E-state index contributed by atoms with van der Waals surface area (Å²) in [6.45, 7) is 8.08. The van der Waals surface area contributed by atoms with E-state index in [-0.39, 0.29) is 18.4 Å². The van der Waals surface area contributed by atoms with E-state index in [0.717, 1.165) is 38.4 Å². The van der Waals surface area contributed by atoms with Crippen LogP contribution in [-0.4, -0.2) is 54.7 Å². The van der Waals surface area contributed by atoms with E-state index in [1.165, 1.54) is 0 Å². The zero-order valence-corrected chi connectivity index (χ0v) is 14.8. The maximum Gasteiger partial charge on any atom is 0.226 e. The van der Waals surface area contributed by atoms with Crippen LogP contribution in [0.5, 0.6) is 0 Å². The van der Waals surface area contributed by atoms with Gasteiger partial charge < -0.3 is 14.5 Å². The third-order valence-electron chi connectivity index (χ3n) is 4.28. The van der Waals surface area contributed by atoms with Crippen LogP contribution in [-0.2, 0) is 16.0 Å². The Labute approximate surface area is 148 Å². The monoisotopic (exact) mass is 343 g/mol. The zero-order chi connectivity index (χ0) is 17.6. The number of nitrogens with one attached hydrogen (secondary N) is 1. The molecule has 1 aromatic heterocycles. The Morgan fingerprint density at radius 2 is 2.00 bits per heavy atom. The smallest absolute Gasteiger partial charge is 0.226 e. The standard InChI is InChI=1S/C19H25N3O3/c1-14(13-22-8-10-24-11-9-22)20-18(23)12-17-15(2)25-19(21-17)16-6-4-3-5-7-16/h3-7,14H,8-13H2,1-2H3,(H,20,23)/t14-/m1/s1. The molecule has 1 atom stereocenters. The van der Waals surface area contributed by atoms with Gasteiger partial charge in [0.15, 0.2) is 0 Å². The molecule has 1 aliphatic rings. The molecule has 0 aliphatic carbocycles. The van der Waals surface area contributed by atoms with Crippen molar-refractivity contribution in [1.82, 2.24) is 15.2 Å². The Morgan fingerprint density at radius 3 is 2.72 bits per heavy atom. The molecular formula is C19H25N3O3. The highest BCUT2D eigenvalue weighted by Gasteiger charge is 2.18. The molecule has 134 valence electrons. The highest BCUT2D eigenvalue weighted by atomic mass is 16.5. The Morgan fingerprint density at radius 1 is 1.28 bits per heavy atom. The molecule has 3 rings (SSSR count). The molecule has 6 nitrogen and oxygen atoms in total. The maximum absolute atomic E-state index is 12.3. The lowest BCUT2D eigenvalue weighted by molar-refractivity contribution is -0.121. The van der Waals surface area contributed by atoms with Crippen LogP contribution in [0.2, 0.25) is 0 Å². The maximum atomic E-state index is 12.3. The molecule has 25 heavy (non-hydrogen) atoms. The fourth-order valence-electron chi connectivity index (χ4n) is 2.99. The molecular weight excluding hydrogens is 318 g/mol. The summed E-state index contributed by atoms with van der Waals surface area (Å²) in [6.07, 6.45) is 0.232. The lowest BCUT2D eigenvalue weighted by Crippen LogP contribution is -2.46. The van der Waals surface area contributed by atoms with E-state index in [0.29, 0.717) is 17.3 Å². The number of aromatic nitrogens is 1. The summed E-state index contributed by atoms with van der Waals surface area (Å²) >= 11 is 0. The van der Waals surface area contributed by atoms with Crippen molar-refractivity contribution < 1.29 is 13.9 Å². The Kier molecular flexibility index (Phi) is 5.83. The van der Waals surface area contributed by atoms with Gasteiger partial charge in [0, 0.05) is 31.2 Å². The topological polar surface area (TPSA) is 67.6 Å². The minimum absolute atomic E-state index is 0.0308. The summed E-state index contributed by atoms with van der Waals surface area (Å²) < 4.78 is 11.1. The summed E-state index contributed by atoms with van der Waals surface area (Å²) in [5.41, 5.74) is 1.60. The summed E-state index contributed by atoms with van der Waals surface area (Å²) in [7, 11) is 0. The molecule has 1 N–H and O–H groups in total. The summed E-state index contributed by atoms with van der Waals surface area (Å²) in [6, 6.07) is 9.80. The van der Waals surface area contributed by atoms with Crippen molar-refractivity contribution in [2.75, 3.05) is 32.8 Å². The summed E-state index contributed by atoms with van der Waals surface area (Å²) in [5.74, 6) is 1.22. The number of nitrogens with zero attached hydrogens (tertiary/aromatic N) is 2. The largest absolute Gasteiger partial charge is 0.441 e. The SMILES string of the molecule is Cc1oc(-c2ccccc2)nc1CC(=O)N[C@H](C)CN1CCOCC1. The Bertz CT molecular complexity index is 693. The number of morpholine rings is 1. The van der Waals surface area contributed by atoms with Crippen molar-refractivity contribution >= 4 is 5.91 Å². The molecule has 2 heterocycles. The molecule has 1 fully saturated rings. The van der Waals surface area contributed by atoms with Gasteiger partial charge in [0.25, 0.3) is 0 Å². The number of ether oxygens (including phenoxy) is 1. The van der Waals surface area contributed by atoms with Crippen LogP contribution in [0.3, 0.4) is 0 Å². The van der Waals surface area contributed by atoms with Gasteiger partial charge in [-0.3, -0.25) is 9.69 Å². The first-order valence-electron chi connectivity index (χ1n) is 8.73. The minimum atomic E-state index is -0.0308. The third-order valence-corrected chi connectivity index (χ3v) is 4.28. The van der Waals surface area contributed by atoms with Gasteiger partial charge in [-0.05, 0) is 26.0 Å². The van der Waals surface area contributed by atoms with Crippen molar-refractivity contribution in [2.45, 2.75) is 26.3 Å². The number of rotatable bonds is 6. The van der Waals surface area contributed by atoms with Crippen LogP contribution in [0.1, 0.15) is 18.4 Å². The van der Waals surface area contributed by atoms with Gasteiger partial charge in [-0.15, -0.1) is 0 Å². The van der Waals surface area contributed by atoms with Crippen LogP contribution in [0.25, 0.3) is 11.5 Å². The van der Waals surface area contributed by atoms with Gasteiger partial charge in [0.1, 0.15) is 5.76 Å². The van der Waals surface area contributed by atoms with Crippen LogP contribution >= 0.6 is 0 Å². The first kappa shape index (κ1) is 17.6. The van der Waals surface area contributed by atoms with E-state index < -0.39 is 0 Å². The predicted octanol–water partition coefficient (Wildman–Crippen LogP) is 2.03. The Balaban J connectivity index is 1.55. The van der Waals surface area contributed by atoms with Crippen LogP contribution in [0.4, 0.5) is 0 Å². The van der Waals surface area contributed by atoms with E-state index in [2.05, 4.69) is 15.2 Å². The molecule has 0 saturated carbocycles. The lowest BCUT2D eigenvalue weighted by Gasteiger charge is -2.29. The van der Waals surface area contributed by atoms with E-state index in [1.807, 2.05) is 44.2 Å². The van der Waals surface area contributed by atoms with Crippen molar-refractivity contribution in [3.63, 3.8) is 0 Å². The van der Waals surface area contributed by atoms with Crippen LogP contribution in [0.15, 0.2) is 34.7 Å². The molecule has 0 radical (unpaired) electrons. The van der Waals surface area contributed by atoms with Gasteiger partial charge in [-0.2, -0.15) is 0 Å². The third kappa shape index (κ3) is 4.90. The van der Waals surface area contributed by atoms with E-state index >= 15 is 0 Å². The molecule has 2 aromatic rings. The van der Waals surface area contributed by atoms with Crippen LogP contribution < -0.4 is 5.32 Å². The van der Waals surface area contributed by atoms with Gasteiger partial charge in [0.2, 0.25) is 11.8 Å². The lowest BCUT2D eigenvalue weighted by atomic mass is 10.2. The number of carbonyl (C=O) groups is 1. The average Bonchev–Trinajstić information content (AvgIpc) is 2.97. The predicted molar refractivity (Wildman–Crippen MR) is 95.2 cm³/mol. The number of hydrogen-bond donors (Lipinski definition) is 1. The van der Waals surface area contributed by atoms with E-state index in [9.17, 15) is 4.79 Å². The van der Waals surface area contributed by atoms with Crippen molar-refractivity contribution in [2.24, 2.45) is 0 Å². The second-order valence-corrected chi connectivity index (χ2v) is 6.45. The molecule has 6 heteroatoms. The fraction of sp³-hybridized carbons (Fsp3) is 0.474. The van der Waals surface area contributed by atoms with E-state index in [1.54, 1.807) is 0 Å². The number of amides is 1. The van der Waals surface area contributed by atoms with Crippen molar-refractivity contribution in [3.8, 4) is 11.5 Å². The van der Waals surface area contributed by atoms with Gasteiger partial charge in [-0.1, -0.05) is 18.2 Å². The average molecular weight is 343 g/mol. The first-order chi connectivity index (χ1) is 12.1. The molecule has 0 spiro atoms. The summed E-state index contributed by atoms with van der Waals surface area (Å²) in [4.78, 5) is 19.1. The zero-order valence-electron chi connectivity index (χ0n) is 14.8. The Hall–Kier alpha value is -2.18. The minimum Gasteiger partial charge on any atom is -0.441 e. The number of benzene rings is 1. The molecule has 1 aromatic carbocycles. The number of aryl methyl sites for hydroxylation is 1. The normalized spacial score (nSPS) is 16.6. The number of carbonyl (C=O) groups excluding carboxylic acids is 1. The molecule has 1 aliphatic heterocycles. The highest BCUT2D eigenvalue weighted by molar-refractivity contribution is 5.78. The quantitative estimate of drug-likeness (QED) is 0.869. The van der Waals surface area contributed by atoms with Crippen LogP contribution in [0, 0.1) is 6.92 Å². The number of hydrogen-bond acceptors (Lipinski definition) is 5. The van der Waals surface area contributed by atoms with Gasteiger partial charge >= 0.3 is 0 Å². The molecule has 0 bridgehead atoms. The fourth-order valence-corrected chi connectivity index (χ4v) is 2.99. The molecule has 0 unspecified atom stereocenters.